The van der Waals surface area contributed by atoms with Gasteiger partial charge in [0.1, 0.15) is 11.6 Å². The topological polar surface area (TPSA) is 75.6 Å². The van der Waals surface area contributed by atoms with Crippen molar-refractivity contribution in [3.63, 3.8) is 0 Å². The summed E-state index contributed by atoms with van der Waals surface area (Å²) in [6.45, 7) is -0.306. The first-order valence-electron chi connectivity index (χ1n) is 6.06. The molecule has 0 aromatic heterocycles. The Morgan fingerprint density at radius 1 is 1.14 bits per heavy atom. The van der Waals surface area contributed by atoms with Gasteiger partial charge in [0.2, 0.25) is 0 Å². The van der Waals surface area contributed by atoms with Crippen LogP contribution in [0.25, 0.3) is 0 Å². The molecule has 0 aliphatic carbocycles. The first-order valence-corrected chi connectivity index (χ1v) is 6.06. The third kappa shape index (κ3) is 4.31. The number of ether oxygens (including phenoxy) is 1. The number of rotatable bonds is 5. The molecule has 2 N–H and O–H groups in total. The number of anilines is 1. The lowest BCUT2D eigenvalue weighted by atomic mass is 10.2. The highest BCUT2D eigenvalue weighted by Crippen LogP contribution is 2.14. The average molecular weight is 289 g/mol. The molecule has 0 spiro atoms. The van der Waals surface area contributed by atoms with Crippen molar-refractivity contribution in [2.75, 3.05) is 11.9 Å². The molecule has 108 valence electrons. The fourth-order valence-corrected chi connectivity index (χ4v) is 1.63. The van der Waals surface area contributed by atoms with Crippen molar-refractivity contribution >= 4 is 17.6 Å². The van der Waals surface area contributed by atoms with E-state index < -0.39 is 17.7 Å². The van der Waals surface area contributed by atoms with Crippen LogP contribution in [0.1, 0.15) is 10.4 Å². The first kappa shape index (κ1) is 14.5. The lowest BCUT2D eigenvalue weighted by Gasteiger charge is -2.08. The normalized spacial score (nSPS) is 9.95. The summed E-state index contributed by atoms with van der Waals surface area (Å²) in [5, 5.41) is 11.3. The summed E-state index contributed by atoms with van der Waals surface area (Å²) in [5.74, 6) is -1.74. The summed E-state index contributed by atoms with van der Waals surface area (Å²) in [6, 6.07) is 11.3. The lowest BCUT2D eigenvalue weighted by molar-refractivity contribution is -0.118. The van der Waals surface area contributed by atoms with Crippen LogP contribution in [0.4, 0.5) is 10.1 Å². The van der Waals surface area contributed by atoms with Crippen molar-refractivity contribution in [1.29, 1.82) is 0 Å². The highest BCUT2D eigenvalue weighted by atomic mass is 19.1. The second-order valence-electron chi connectivity index (χ2n) is 4.18. The van der Waals surface area contributed by atoms with Gasteiger partial charge in [0, 0.05) is 5.69 Å². The molecule has 0 saturated carbocycles. The van der Waals surface area contributed by atoms with Gasteiger partial charge in [0.25, 0.3) is 5.91 Å². The molecule has 0 heterocycles. The number of carboxylic acids is 1. The molecule has 0 atom stereocenters. The Morgan fingerprint density at radius 2 is 1.90 bits per heavy atom. The van der Waals surface area contributed by atoms with Crippen LogP contribution in [0.3, 0.4) is 0 Å². The maximum Gasteiger partial charge on any atom is 0.335 e. The fourth-order valence-electron chi connectivity index (χ4n) is 1.63. The van der Waals surface area contributed by atoms with Crippen LogP contribution in [-0.2, 0) is 4.79 Å². The standard InChI is InChI=1S/C15H12FNO4/c16-11-4-2-5-12(8-11)17-14(18)9-21-13-6-1-3-10(7-13)15(19)20/h1-8H,9H2,(H,17,18)(H,19,20). The van der Waals surface area contributed by atoms with E-state index >= 15 is 0 Å². The molecule has 5 nitrogen and oxygen atoms in total. The van der Waals surface area contributed by atoms with Crippen molar-refractivity contribution in [3.05, 3.63) is 59.9 Å². The number of carbonyl (C=O) groups excluding carboxylic acids is 1. The highest BCUT2D eigenvalue weighted by molar-refractivity contribution is 5.92. The van der Waals surface area contributed by atoms with Crippen molar-refractivity contribution in [3.8, 4) is 5.75 Å². The predicted octanol–water partition coefficient (Wildman–Crippen LogP) is 2.54. The van der Waals surface area contributed by atoms with Crippen molar-refractivity contribution in [1.82, 2.24) is 0 Å². The Kier molecular flexibility index (Phi) is 4.50. The molecule has 0 radical (unpaired) electrons. The summed E-state index contributed by atoms with van der Waals surface area (Å²) >= 11 is 0. The van der Waals surface area contributed by atoms with Crippen molar-refractivity contribution < 1.29 is 23.8 Å². The van der Waals surface area contributed by atoms with Crippen LogP contribution in [0, 0.1) is 5.82 Å². The summed E-state index contributed by atoms with van der Waals surface area (Å²) in [6.07, 6.45) is 0. The number of nitrogens with one attached hydrogen (secondary N) is 1. The van der Waals surface area contributed by atoms with E-state index in [1.54, 1.807) is 12.1 Å². The Morgan fingerprint density at radius 3 is 2.62 bits per heavy atom. The number of amides is 1. The Bertz CT molecular complexity index is 672. The highest BCUT2D eigenvalue weighted by Gasteiger charge is 2.07. The summed E-state index contributed by atoms with van der Waals surface area (Å²) in [5.41, 5.74) is 0.390. The molecule has 21 heavy (non-hydrogen) atoms. The molecule has 0 fully saturated rings. The van der Waals surface area contributed by atoms with Crippen LogP contribution >= 0.6 is 0 Å². The molecule has 0 aliphatic heterocycles. The lowest BCUT2D eigenvalue weighted by Crippen LogP contribution is -2.20. The van der Waals surface area contributed by atoms with E-state index in [4.69, 9.17) is 9.84 Å². The van der Waals surface area contributed by atoms with E-state index in [9.17, 15) is 14.0 Å². The van der Waals surface area contributed by atoms with Gasteiger partial charge < -0.3 is 15.2 Å². The van der Waals surface area contributed by atoms with Gasteiger partial charge in [-0.1, -0.05) is 12.1 Å². The summed E-state index contributed by atoms with van der Waals surface area (Å²) < 4.78 is 18.1. The van der Waals surface area contributed by atoms with Crippen LogP contribution in [0.2, 0.25) is 0 Å². The van der Waals surface area contributed by atoms with Gasteiger partial charge in [-0.05, 0) is 36.4 Å². The van der Waals surface area contributed by atoms with Gasteiger partial charge in [-0.15, -0.1) is 0 Å². The van der Waals surface area contributed by atoms with Crippen molar-refractivity contribution in [2.24, 2.45) is 0 Å². The molecule has 2 rings (SSSR count). The number of benzene rings is 2. The molecule has 0 bridgehead atoms. The largest absolute Gasteiger partial charge is 0.484 e. The van der Waals surface area contributed by atoms with Gasteiger partial charge in [0.05, 0.1) is 5.56 Å². The van der Waals surface area contributed by atoms with E-state index in [1.165, 1.54) is 36.4 Å². The van der Waals surface area contributed by atoms with E-state index in [-0.39, 0.29) is 17.9 Å². The zero-order valence-corrected chi connectivity index (χ0v) is 10.9. The van der Waals surface area contributed by atoms with Crippen LogP contribution in [-0.4, -0.2) is 23.6 Å². The van der Waals surface area contributed by atoms with E-state index in [2.05, 4.69) is 5.32 Å². The number of aromatic carboxylic acids is 1. The van der Waals surface area contributed by atoms with Crippen LogP contribution in [0.15, 0.2) is 48.5 Å². The van der Waals surface area contributed by atoms with Gasteiger partial charge in [0.15, 0.2) is 6.61 Å². The van der Waals surface area contributed by atoms with E-state index in [0.717, 1.165) is 0 Å². The summed E-state index contributed by atoms with van der Waals surface area (Å²) in [7, 11) is 0. The van der Waals surface area contributed by atoms with Gasteiger partial charge in [-0.25, -0.2) is 9.18 Å². The number of carbonyl (C=O) groups is 2. The maximum absolute atomic E-state index is 13.0. The van der Waals surface area contributed by atoms with E-state index in [1.807, 2.05) is 0 Å². The van der Waals surface area contributed by atoms with Gasteiger partial charge in [-0.2, -0.15) is 0 Å². The molecule has 6 heteroatoms. The monoisotopic (exact) mass is 289 g/mol. The van der Waals surface area contributed by atoms with Crippen LogP contribution < -0.4 is 10.1 Å². The van der Waals surface area contributed by atoms with Crippen molar-refractivity contribution in [2.45, 2.75) is 0 Å². The molecule has 0 unspecified atom stereocenters. The Labute approximate surface area is 120 Å². The Balaban J connectivity index is 1.92. The second kappa shape index (κ2) is 6.51. The quantitative estimate of drug-likeness (QED) is 0.887. The minimum Gasteiger partial charge on any atom is -0.484 e. The molecule has 2 aromatic carbocycles. The molecule has 0 saturated heterocycles. The number of hydrogen-bond acceptors (Lipinski definition) is 3. The molecular weight excluding hydrogens is 277 g/mol. The molecule has 1 amide bonds. The van der Waals surface area contributed by atoms with E-state index in [0.29, 0.717) is 5.69 Å². The molecule has 2 aromatic rings. The van der Waals surface area contributed by atoms with Crippen LogP contribution in [0.5, 0.6) is 5.75 Å². The third-order valence-electron chi connectivity index (χ3n) is 2.56. The minimum atomic E-state index is -1.08. The number of carboxylic acid groups (broad SMARTS) is 1. The molecular formula is C15H12FNO4. The van der Waals surface area contributed by atoms with Gasteiger partial charge >= 0.3 is 5.97 Å². The second-order valence-corrected chi connectivity index (χ2v) is 4.18. The third-order valence-corrected chi connectivity index (χ3v) is 2.56. The maximum atomic E-state index is 13.0. The fraction of sp³-hybridized carbons (Fsp3) is 0.0667. The predicted molar refractivity (Wildman–Crippen MR) is 73.9 cm³/mol. The Hall–Kier alpha value is -2.89. The minimum absolute atomic E-state index is 0.0676. The SMILES string of the molecule is O=C(COc1cccc(C(=O)O)c1)Nc1cccc(F)c1. The van der Waals surface area contributed by atoms with Gasteiger partial charge in [-0.3, -0.25) is 4.79 Å². The number of hydrogen-bond donors (Lipinski definition) is 2. The zero-order chi connectivity index (χ0) is 15.2. The zero-order valence-electron chi connectivity index (χ0n) is 10.9. The average Bonchev–Trinajstić information content (AvgIpc) is 2.45. The first-order chi connectivity index (χ1) is 10.0. The molecule has 0 aliphatic rings. The summed E-state index contributed by atoms with van der Waals surface area (Å²) in [4.78, 5) is 22.4. The number of halogens is 1. The smallest absolute Gasteiger partial charge is 0.335 e.